The molecular formula is C13H18N2O2S. The zero-order chi connectivity index (χ0) is 13.0. The van der Waals surface area contributed by atoms with E-state index in [0.29, 0.717) is 6.54 Å². The Morgan fingerprint density at radius 3 is 2.94 bits per heavy atom. The van der Waals surface area contributed by atoms with Gasteiger partial charge in [0.2, 0.25) is 5.91 Å². The molecule has 1 aromatic rings. The van der Waals surface area contributed by atoms with E-state index in [2.05, 4.69) is 10.3 Å². The molecule has 18 heavy (non-hydrogen) atoms. The fraction of sp³-hybridized carbons (Fsp3) is 0.538. The van der Waals surface area contributed by atoms with Crippen molar-refractivity contribution in [1.29, 1.82) is 0 Å². The van der Waals surface area contributed by atoms with Gasteiger partial charge in [0.15, 0.2) is 0 Å². The molecule has 2 N–H and O–H groups in total. The summed E-state index contributed by atoms with van der Waals surface area (Å²) >= 11 is 1.42. The highest BCUT2D eigenvalue weighted by Crippen LogP contribution is 2.30. The number of hydrogen-bond acceptors (Lipinski definition) is 4. The van der Waals surface area contributed by atoms with Crippen molar-refractivity contribution in [2.75, 3.05) is 6.54 Å². The predicted molar refractivity (Wildman–Crippen MR) is 71.4 cm³/mol. The van der Waals surface area contributed by atoms with Crippen LogP contribution in [0.25, 0.3) is 0 Å². The zero-order valence-corrected chi connectivity index (χ0v) is 11.2. The van der Waals surface area contributed by atoms with Crippen LogP contribution in [-0.4, -0.2) is 33.4 Å². The Kier molecular flexibility index (Phi) is 4.24. The second-order valence-corrected chi connectivity index (χ2v) is 6.08. The van der Waals surface area contributed by atoms with E-state index in [1.807, 2.05) is 25.1 Å². The van der Waals surface area contributed by atoms with Crippen LogP contribution in [0.3, 0.4) is 0 Å². The number of carbonyl (C=O) groups is 1. The van der Waals surface area contributed by atoms with Gasteiger partial charge < -0.3 is 10.4 Å². The van der Waals surface area contributed by atoms with E-state index in [0.717, 1.165) is 24.3 Å². The van der Waals surface area contributed by atoms with Crippen LogP contribution in [0.1, 0.15) is 26.2 Å². The maximum atomic E-state index is 11.9. The molecule has 0 saturated heterocycles. The summed E-state index contributed by atoms with van der Waals surface area (Å²) in [4.78, 5) is 16.0. The summed E-state index contributed by atoms with van der Waals surface area (Å²) in [6, 6.07) is 5.63. The highest BCUT2D eigenvalue weighted by molar-refractivity contribution is 8.00. The monoisotopic (exact) mass is 266 g/mol. The van der Waals surface area contributed by atoms with Crippen molar-refractivity contribution < 1.29 is 9.90 Å². The molecule has 5 heteroatoms. The molecule has 1 aliphatic carbocycles. The molecule has 1 unspecified atom stereocenters. The van der Waals surface area contributed by atoms with E-state index in [1.165, 1.54) is 11.8 Å². The van der Waals surface area contributed by atoms with Crippen LogP contribution in [0.2, 0.25) is 0 Å². The minimum absolute atomic E-state index is 0.0500. The molecule has 2 rings (SSSR count). The van der Waals surface area contributed by atoms with Crippen molar-refractivity contribution in [3.8, 4) is 0 Å². The number of aliphatic hydroxyl groups is 1. The number of thioether (sulfide) groups is 1. The summed E-state index contributed by atoms with van der Waals surface area (Å²) in [6.45, 7) is 2.21. The first-order chi connectivity index (χ1) is 8.59. The van der Waals surface area contributed by atoms with Gasteiger partial charge in [-0.05, 0) is 38.3 Å². The van der Waals surface area contributed by atoms with Gasteiger partial charge in [0, 0.05) is 12.7 Å². The molecule has 1 atom stereocenters. The highest BCUT2D eigenvalue weighted by Gasteiger charge is 2.34. The van der Waals surface area contributed by atoms with E-state index >= 15 is 0 Å². The van der Waals surface area contributed by atoms with Crippen LogP contribution in [-0.2, 0) is 4.79 Å². The van der Waals surface area contributed by atoms with E-state index < -0.39 is 5.60 Å². The maximum Gasteiger partial charge on any atom is 0.233 e. The lowest BCUT2D eigenvalue weighted by atomic mass is 9.80. The fourth-order valence-electron chi connectivity index (χ4n) is 1.81. The maximum absolute atomic E-state index is 11.9. The minimum atomic E-state index is -0.662. The molecule has 0 aliphatic heterocycles. The molecule has 1 amide bonds. The fourth-order valence-corrected chi connectivity index (χ4v) is 2.64. The Balaban J connectivity index is 1.78. The van der Waals surface area contributed by atoms with Crippen molar-refractivity contribution in [3.05, 3.63) is 24.4 Å². The van der Waals surface area contributed by atoms with Crippen molar-refractivity contribution in [3.63, 3.8) is 0 Å². The second-order valence-electron chi connectivity index (χ2n) is 4.72. The van der Waals surface area contributed by atoms with Crippen LogP contribution < -0.4 is 5.32 Å². The predicted octanol–water partition coefficient (Wildman–Crippen LogP) is 1.59. The number of nitrogens with zero attached hydrogens (tertiary/aromatic N) is 1. The number of aromatic nitrogens is 1. The second kappa shape index (κ2) is 5.71. The van der Waals surface area contributed by atoms with Crippen molar-refractivity contribution >= 4 is 17.7 Å². The number of amides is 1. The molecule has 1 heterocycles. The van der Waals surface area contributed by atoms with Gasteiger partial charge in [-0.1, -0.05) is 17.8 Å². The molecule has 1 fully saturated rings. The first-order valence-corrected chi connectivity index (χ1v) is 7.05. The van der Waals surface area contributed by atoms with Crippen LogP contribution in [0, 0.1) is 0 Å². The zero-order valence-electron chi connectivity index (χ0n) is 10.4. The number of rotatable bonds is 5. The van der Waals surface area contributed by atoms with Gasteiger partial charge in [-0.15, -0.1) is 0 Å². The van der Waals surface area contributed by atoms with Gasteiger partial charge in [0.1, 0.15) is 0 Å². The third kappa shape index (κ3) is 3.46. The Morgan fingerprint density at radius 1 is 1.61 bits per heavy atom. The van der Waals surface area contributed by atoms with Gasteiger partial charge in [-0.3, -0.25) is 4.79 Å². The van der Waals surface area contributed by atoms with E-state index in [4.69, 9.17) is 0 Å². The Hall–Kier alpha value is -1.07. The molecule has 4 nitrogen and oxygen atoms in total. The number of pyridine rings is 1. The molecule has 1 saturated carbocycles. The molecule has 98 valence electrons. The van der Waals surface area contributed by atoms with E-state index in [-0.39, 0.29) is 11.2 Å². The molecule has 1 aliphatic rings. The van der Waals surface area contributed by atoms with Crippen molar-refractivity contribution in [1.82, 2.24) is 10.3 Å². The Bertz CT molecular complexity index is 407. The largest absolute Gasteiger partial charge is 0.388 e. The summed E-state index contributed by atoms with van der Waals surface area (Å²) in [5.74, 6) is -0.0500. The molecule has 0 aromatic carbocycles. The summed E-state index contributed by atoms with van der Waals surface area (Å²) < 4.78 is 0. The Labute approximate surface area is 111 Å². The van der Waals surface area contributed by atoms with Crippen molar-refractivity contribution in [2.45, 2.75) is 42.1 Å². The van der Waals surface area contributed by atoms with Crippen LogP contribution >= 0.6 is 11.8 Å². The standard InChI is InChI=1S/C13H18N2O2S/c1-10(18-11-5-2-3-8-14-11)12(16)15-9-13(17)6-4-7-13/h2-3,5,8,10,17H,4,6-7,9H2,1H3,(H,15,16). The summed E-state index contributed by atoms with van der Waals surface area (Å²) in [7, 11) is 0. The first-order valence-electron chi connectivity index (χ1n) is 6.17. The topological polar surface area (TPSA) is 62.2 Å². The number of carbonyl (C=O) groups excluding carboxylic acids is 1. The lowest BCUT2D eigenvalue weighted by Gasteiger charge is -2.36. The summed E-state index contributed by atoms with van der Waals surface area (Å²) in [5.41, 5.74) is -0.662. The van der Waals surface area contributed by atoms with Crippen LogP contribution in [0.15, 0.2) is 29.4 Å². The smallest absolute Gasteiger partial charge is 0.233 e. The molecule has 0 radical (unpaired) electrons. The summed E-state index contributed by atoms with van der Waals surface area (Å²) in [6.07, 6.45) is 4.33. The minimum Gasteiger partial charge on any atom is -0.388 e. The SMILES string of the molecule is CC(Sc1ccccn1)C(=O)NCC1(O)CCC1. The van der Waals surface area contributed by atoms with E-state index in [9.17, 15) is 9.90 Å². The van der Waals surface area contributed by atoms with Crippen molar-refractivity contribution in [2.24, 2.45) is 0 Å². The average molecular weight is 266 g/mol. The van der Waals surface area contributed by atoms with Gasteiger partial charge in [-0.2, -0.15) is 0 Å². The third-order valence-electron chi connectivity index (χ3n) is 3.18. The quantitative estimate of drug-likeness (QED) is 0.795. The van der Waals surface area contributed by atoms with E-state index in [1.54, 1.807) is 6.20 Å². The summed E-state index contributed by atoms with van der Waals surface area (Å²) in [5, 5.41) is 13.3. The molecule has 0 spiro atoms. The normalized spacial score (nSPS) is 18.8. The van der Waals surface area contributed by atoms with Gasteiger partial charge in [0.25, 0.3) is 0 Å². The first kappa shape index (κ1) is 13.4. The van der Waals surface area contributed by atoms with Gasteiger partial charge in [0.05, 0.1) is 15.9 Å². The highest BCUT2D eigenvalue weighted by atomic mass is 32.2. The average Bonchev–Trinajstić information content (AvgIpc) is 2.34. The number of nitrogens with one attached hydrogen (secondary N) is 1. The molecule has 1 aromatic heterocycles. The lowest BCUT2D eigenvalue weighted by Crippen LogP contribution is -2.49. The Morgan fingerprint density at radius 2 is 2.39 bits per heavy atom. The van der Waals surface area contributed by atoms with Gasteiger partial charge >= 0.3 is 0 Å². The lowest BCUT2D eigenvalue weighted by molar-refractivity contribution is -0.122. The number of hydrogen-bond donors (Lipinski definition) is 2. The van der Waals surface area contributed by atoms with Gasteiger partial charge in [-0.25, -0.2) is 4.98 Å². The molecule has 0 bridgehead atoms. The molecular weight excluding hydrogens is 248 g/mol. The third-order valence-corrected chi connectivity index (χ3v) is 4.23. The van der Waals surface area contributed by atoms with Crippen LogP contribution in [0.4, 0.5) is 0 Å². The van der Waals surface area contributed by atoms with Crippen LogP contribution in [0.5, 0.6) is 0 Å².